The van der Waals surface area contributed by atoms with Gasteiger partial charge in [-0.25, -0.2) is 0 Å². The van der Waals surface area contributed by atoms with Gasteiger partial charge in [-0.15, -0.1) is 0 Å². The number of methoxy groups -OCH3 is 1. The molecule has 4 aliphatic rings. The van der Waals surface area contributed by atoms with Gasteiger partial charge in [0.2, 0.25) is 0 Å². The maximum Gasteiger partial charge on any atom is 0.311 e. The first-order valence-corrected chi connectivity index (χ1v) is 27.0. The van der Waals surface area contributed by atoms with Crippen LogP contribution in [0.2, 0.25) is 23.2 Å². The highest BCUT2D eigenvalue weighted by Crippen LogP contribution is 2.53. The van der Waals surface area contributed by atoms with E-state index < -0.39 is 72.8 Å². The van der Waals surface area contributed by atoms with Gasteiger partial charge in [0.05, 0.1) is 30.3 Å². The summed E-state index contributed by atoms with van der Waals surface area (Å²) in [7, 11) is -0.939. The highest BCUT2D eigenvalue weighted by Gasteiger charge is 2.65. The van der Waals surface area contributed by atoms with Gasteiger partial charge in [0.15, 0.2) is 49.0 Å². The number of epoxide rings is 1. The van der Waals surface area contributed by atoms with Gasteiger partial charge >= 0.3 is 5.97 Å². The molecule has 4 aromatic rings. The van der Waals surface area contributed by atoms with Gasteiger partial charge < -0.3 is 42.7 Å². The number of carbonyl (C=O) groups is 1. The van der Waals surface area contributed by atoms with Gasteiger partial charge in [0.1, 0.15) is 24.4 Å². The van der Waals surface area contributed by atoms with Crippen molar-refractivity contribution in [2.75, 3.05) is 20.3 Å². The van der Waals surface area contributed by atoms with Gasteiger partial charge in [-0.2, -0.15) is 0 Å². The molecule has 12 heteroatoms. The summed E-state index contributed by atoms with van der Waals surface area (Å²) in [6.07, 6.45) is -1.51. The van der Waals surface area contributed by atoms with Crippen molar-refractivity contribution in [2.45, 2.75) is 139 Å². The van der Waals surface area contributed by atoms with E-state index >= 15 is 0 Å². The predicted octanol–water partition coefficient (Wildman–Crippen LogP) is 10.9. The lowest BCUT2D eigenvalue weighted by molar-refractivity contribution is -0.166. The number of hydrogen-bond acceptors (Lipinski definition) is 10. The number of benzene rings is 4. The fourth-order valence-corrected chi connectivity index (χ4v) is 10.8. The van der Waals surface area contributed by atoms with Crippen LogP contribution in [0.4, 0.5) is 0 Å². The monoisotopic (exact) mass is 972 g/mol. The number of rotatable bonds is 15. The molecular formula is C57H65ClO10Si. The number of aliphatic hydroxyl groups is 1. The third-order valence-electron chi connectivity index (χ3n) is 13.9. The van der Waals surface area contributed by atoms with Crippen LogP contribution in [0.1, 0.15) is 96.6 Å². The summed E-state index contributed by atoms with van der Waals surface area (Å²) in [5, 5.41) is 11.9. The average molecular weight is 974 g/mol. The number of esters is 1. The van der Waals surface area contributed by atoms with E-state index in [1.807, 2.05) is 86.7 Å². The molecule has 0 bridgehead atoms. The lowest BCUT2D eigenvalue weighted by Crippen LogP contribution is -2.52. The van der Waals surface area contributed by atoms with Crippen LogP contribution in [-0.2, 0) is 38.5 Å². The van der Waals surface area contributed by atoms with E-state index in [0.717, 1.165) is 16.7 Å². The third-order valence-corrected chi connectivity index (χ3v) is 18.8. The Hall–Kier alpha value is -4.92. The molecule has 0 saturated carbocycles. The van der Waals surface area contributed by atoms with Crippen molar-refractivity contribution in [1.29, 1.82) is 0 Å². The Morgan fingerprint density at radius 1 is 0.870 bits per heavy atom. The normalized spacial score (nSPS) is 25.3. The van der Waals surface area contributed by atoms with Crippen LogP contribution in [0.25, 0.3) is 0 Å². The maximum absolute atomic E-state index is 12.7. The molecule has 0 radical (unpaired) electrons. The van der Waals surface area contributed by atoms with Gasteiger partial charge in [-0.05, 0) is 81.9 Å². The smallest absolute Gasteiger partial charge is 0.311 e. The minimum absolute atomic E-state index is 0.0998. The van der Waals surface area contributed by atoms with E-state index in [1.165, 1.54) is 0 Å². The highest BCUT2D eigenvalue weighted by atomic mass is 35.5. The standard InChI is InChI=1S/C57H65ClO10Si/c1-52(2,3)51(60)62-37-48-55(66-48)35-33-41-27-31-47-57(41,68-54(7,8)65-47)46(32-30-45(55)59)64-50-44(61-9)29-28-42(49(50)58)43(67-69(10,11)53(4,5)6)34-36-63-56(38-21-15-12-16-22-38,39-23-17-13-18-24-39)40-25-19-14-20-26-40/h12-29,43,45-48,59H,31,34,36-37H2,1-11H3/t43-,45?,46?,47-,48-,55+,57-/m1/s1. The van der Waals surface area contributed by atoms with Crippen molar-refractivity contribution >= 4 is 25.9 Å². The van der Waals surface area contributed by atoms with E-state index in [-0.39, 0.29) is 29.0 Å². The molecule has 2 heterocycles. The number of ether oxygens (including phenoxy) is 7. The third kappa shape index (κ3) is 9.66. The van der Waals surface area contributed by atoms with Crippen LogP contribution in [0.5, 0.6) is 11.5 Å². The van der Waals surface area contributed by atoms with E-state index in [4.69, 9.17) is 49.2 Å². The van der Waals surface area contributed by atoms with Crippen LogP contribution in [0, 0.1) is 29.1 Å². The van der Waals surface area contributed by atoms with E-state index in [2.05, 4.69) is 93.9 Å². The topological polar surface area (TPSA) is 114 Å². The molecule has 69 heavy (non-hydrogen) atoms. The number of aliphatic hydroxyl groups excluding tert-OH is 1. The van der Waals surface area contributed by atoms with E-state index in [0.29, 0.717) is 29.7 Å². The second-order valence-corrected chi connectivity index (χ2v) is 26.4. The molecule has 2 aliphatic heterocycles. The summed E-state index contributed by atoms with van der Waals surface area (Å²) in [6.45, 7) is 20.2. The summed E-state index contributed by atoms with van der Waals surface area (Å²) in [5.74, 6) is 11.8. The molecule has 2 aliphatic carbocycles. The zero-order valence-corrected chi connectivity index (χ0v) is 43.4. The molecule has 8 rings (SSSR count). The molecule has 4 aromatic carbocycles. The fourth-order valence-electron chi connectivity index (χ4n) is 9.16. The first-order valence-electron chi connectivity index (χ1n) is 23.8. The SMILES string of the molecule is COc1ccc([C@@H](CCOC(c2ccccc2)(c2ccccc2)c2ccccc2)O[Si](C)(C)C(C)(C)C)c(Cl)c1OC1C#CC(O)[C@]2(C#CC3=CC[C@H]4OC(C)(C)O[C@]314)O[C@@H]2COC(=O)C(C)(C)C. The summed E-state index contributed by atoms with van der Waals surface area (Å²) < 4.78 is 52.7. The summed E-state index contributed by atoms with van der Waals surface area (Å²) >= 11 is 7.66. The van der Waals surface area contributed by atoms with Gasteiger partial charge in [-0.3, -0.25) is 4.79 Å². The van der Waals surface area contributed by atoms with E-state index in [9.17, 15) is 9.90 Å². The molecule has 7 atom stereocenters. The van der Waals surface area contributed by atoms with E-state index in [1.54, 1.807) is 27.9 Å². The van der Waals surface area contributed by atoms with Crippen molar-refractivity contribution in [3.05, 3.63) is 142 Å². The summed E-state index contributed by atoms with van der Waals surface area (Å²) in [4.78, 5) is 12.7. The van der Waals surface area contributed by atoms with Crippen molar-refractivity contribution < 1.29 is 47.5 Å². The van der Waals surface area contributed by atoms with Crippen molar-refractivity contribution in [1.82, 2.24) is 0 Å². The zero-order valence-electron chi connectivity index (χ0n) is 41.6. The second-order valence-electron chi connectivity index (χ2n) is 21.2. The van der Waals surface area contributed by atoms with Gasteiger partial charge in [-0.1, -0.05) is 159 Å². The Balaban J connectivity index is 1.18. The predicted molar refractivity (Wildman–Crippen MR) is 268 cm³/mol. The minimum Gasteiger partial charge on any atom is -0.493 e. The first-order chi connectivity index (χ1) is 32.6. The number of hydrogen-bond donors (Lipinski definition) is 1. The maximum atomic E-state index is 12.7. The second kappa shape index (κ2) is 19.0. The van der Waals surface area contributed by atoms with Gasteiger partial charge in [0, 0.05) is 17.6 Å². The quantitative estimate of drug-likeness (QED) is 0.0406. The molecule has 2 fully saturated rings. The lowest BCUT2D eigenvalue weighted by atomic mass is 9.80. The van der Waals surface area contributed by atoms with Crippen LogP contribution in [0.15, 0.2) is 115 Å². The minimum atomic E-state index is -2.49. The molecule has 1 N–H and O–H groups in total. The largest absolute Gasteiger partial charge is 0.493 e. The molecular weight excluding hydrogens is 908 g/mol. The fraction of sp³-hybridized carbons (Fsp3) is 0.456. The van der Waals surface area contributed by atoms with Crippen LogP contribution < -0.4 is 9.47 Å². The molecule has 2 spiro atoms. The molecule has 10 nitrogen and oxygen atoms in total. The Kier molecular flexibility index (Phi) is 13.9. The van der Waals surface area contributed by atoms with Crippen molar-refractivity contribution in [2.24, 2.45) is 5.41 Å². The average Bonchev–Trinajstić information content (AvgIpc) is 3.82. The summed E-state index contributed by atoms with van der Waals surface area (Å²) in [6, 6.07) is 34.6. The van der Waals surface area contributed by atoms with Gasteiger partial charge in [0.25, 0.3) is 0 Å². The molecule has 2 saturated heterocycles. The molecule has 0 amide bonds. The Morgan fingerprint density at radius 2 is 1.46 bits per heavy atom. The molecule has 0 aromatic heterocycles. The summed E-state index contributed by atoms with van der Waals surface area (Å²) in [5.41, 5.74) is -0.215. The van der Waals surface area contributed by atoms with Crippen molar-refractivity contribution in [3.8, 4) is 35.2 Å². The zero-order chi connectivity index (χ0) is 49.6. The Labute approximate surface area is 414 Å². The first kappa shape index (κ1) is 50.5. The lowest BCUT2D eigenvalue weighted by Gasteiger charge is -2.40. The Bertz CT molecular complexity index is 2570. The van der Waals surface area contributed by atoms with Crippen LogP contribution in [-0.4, -0.2) is 81.1 Å². The van der Waals surface area contributed by atoms with Crippen LogP contribution in [0.3, 0.4) is 0 Å². The van der Waals surface area contributed by atoms with Crippen LogP contribution >= 0.6 is 11.6 Å². The highest BCUT2D eigenvalue weighted by molar-refractivity contribution is 6.74. The van der Waals surface area contributed by atoms with Crippen molar-refractivity contribution in [3.63, 3.8) is 0 Å². The molecule has 2 unspecified atom stereocenters. The number of carbonyl (C=O) groups excluding carboxylic acids is 1. The Morgan fingerprint density at radius 3 is 2.01 bits per heavy atom. The number of halogens is 1. The molecule has 364 valence electrons.